The fourth-order valence-electron chi connectivity index (χ4n) is 1.14. The summed E-state index contributed by atoms with van der Waals surface area (Å²) in [6.45, 7) is 0.423. The van der Waals surface area contributed by atoms with Crippen LogP contribution in [-0.2, 0) is 13.2 Å². The average molecular weight is 240 g/mol. The van der Waals surface area contributed by atoms with Crippen molar-refractivity contribution in [3.05, 3.63) is 41.0 Å². The molecule has 84 valence electrons. The minimum absolute atomic E-state index is 0.202. The van der Waals surface area contributed by atoms with E-state index in [0.717, 1.165) is 0 Å². The molecule has 2 N–H and O–H groups in total. The molecule has 0 bridgehead atoms. The lowest BCUT2D eigenvalue weighted by molar-refractivity contribution is 0.285. The van der Waals surface area contributed by atoms with Gasteiger partial charge in [-0.1, -0.05) is 28.9 Å². The maximum Gasteiger partial charge on any atom is 0.240 e. The van der Waals surface area contributed by atoms with Crippen molar-refractivity contribution < 1.29 is 9.26 Å². The van der Waals surface area contributed by atoms with Crippen molar-refractivity contribution in [1.29, 1.82) is 0 Å². The standard InChI is InChI=1S/C10H10ClN3O2/c11-7-3-1-2-4-8(7)15-6-9-13-10(5-12)16-14-9/h1-4H,5-6,12H2. The Bertz CT molecular complexity index is 473. The Hall–Kier alpha value is -1.59. The van der Waals surface area contributed by atoms with E-state index in [0.29, 0.717) is 22.5 Å². The molecule has 0 atom stereocenters. The monoisotopic (exact) mass is 239 g/mol. The number of halogens is 1. The molecule has 2 aromatic rings. The van der Waals surface area contributed by atoms with Crippen molar-refractivity contribution in [3.8, 4) is 5.75 Å². The largest absolute Gasteiger partial charge is 0.484 e. The zero-order valence-electron chi connectivity index (χ0n) is 8.39. The maximum atomic E-state index is 5.91. The van der Waals surface area contributed by atoms with Crippen molar-refractivity contribution in [3.63, 3.8) is 0 Å². The van der Waals surface area contributed by atoms with Crippen LogP contribution in [0.1, 0.15) is 11.7 Å². The second-order valence-electron chi connectivity index (χ2n) is 3.03. The second-order valence-corrected chi connectivity index (χ2v) is 3.43. The van der Waals surface area contributed by atoms with Crippen molar-refractivity contribution in [1.82, 2.24) is 10.1 Å². The Morgan fingerprint density at radius 3 is 2.88 bits per heavy atom. The first-order valence-electron chi connectivity index (χ1n) is 4.68. The molecule has 6 heteroatoms. The normalized spacial score (nSPS) is 10.4. The zero-order chi connectivity index (χ0) is 11.4. The van der Waals surface area contributed by atoms with Crippen LogP contribution < -0.4 is 10.5 Å². The summed E-state index contributed by atoms with van der Waals surface area (Å²) in [4.78, 5) is 4.00. The number of hydrogen-bond acceptors (Lipinski definition) is 5. The molecule has 0 saturated carbocycles. The third-order valence-electron chi connectivity index (χ3n) is 1.88. The van der Waals surface area contributed by atoms with E-state index in [2.05, 4.69) is 10.1 Å². The van der Waals surface area contributed by atoms with E-state index in [-0.39, 0.29) is 13.2 Å². The third kappa shape index (κ3) is 2.50. The van der Waals surface area contributed by atoms with Crippen LogP contribution in [0.3, 0.4) is 0 Å². The van der Waals surface area contributed by atoms with E-state index < -0.39 is 0 Å². The van der Waals surface area contributed by atoms with Crippen LogP contribution in [0.2, 0.25) is 5.02 Å². The summed E-state index contributed by atoms with van der Waals surface area (Å²) >= 11 is 5.91. The van der Waals surface area contributed by atoms with Gasteiger partial charge < -0.3 is 15.0 Å². The molecule has 0 radical (unpaired) electrons. The van der Waals surface area contributed by atoms with Crippen LogP contribution in [0.5, 0.6) is 5.75 Å². The highest BCUT2D eigenvalue weighted by atomic mass is 35.5. The molecule has 0 unspecified atom stereocenters. The van der Waals surface area contributed by atoms with Gasteiger partial charge in [0, 0.05) is 0 Å². The van der Waals surface area contributed by atoms with Gasteiger partial charge in [0.05, 0.1) is 11.6 Å². The number of nitrogens with two attached hydrogens (primary N) is 1. The number of benzene rings is 1. The Balaban J connectivity index is 1.99. The van der Waals surface area contributed by atoms with Gasteiger partial charge in [-0.25, -0.2) is 0 Å². The van der Waals surface area contributed by atoms with Gasteiger partial charge in [-0.05, 0) is 12.1 Å². The molecule has 1 heterocycles. The first-order valence-corrected chi connectivity index (χ1v) is 5.06. The molecule has 1 aromatic carbocycles. The van der Waals surface area contributed by atoms with Crippen LogP contribution in [0.15, 0.2) is 28.8 Å². The predicted molar refractivity (Wildman–Crippen MR) is 58.0 cm³/mol. The maximum absolute atomic E-state index is 5.91. The quantitative estimate of drug-likeness (QED) is 0.880. The van der Waals surface area contributed by atoms with Gasteiger partial charge in [0.1, 0.15) is 5.75 Å². The summed E-state index contributed by atoms with van der Waals surface area (Å²) in [5.41, 5.74) is 5.34. The van der Waals surface area contributed by atoms with E-state index in [4.69, 9.17) is 26.6 Å². The van der Waals surface area contributed by atoms with Crippen LogP contribution in [0.25, 0.3) is 0 Å². The van der Waals surface area contributed by atoms with Gasteiger partial charge >= 0.3 is 0 Å². The minimum atomic E-state index is 0.202. The third-order valence-corrected chi connectivity index (χ3v) is 2.19. The van der Waals surface area contributed by atoms with E-state index in [1.807, 2.05) is 12.1 Å². The number of rotatable bonds is 4. The van der Waals surface area contributed by atoms with E-state index in [9.17, 15) is 0 Å². The van der Waals surface area contributed by atoms with Gasteiger partial charge in [-0.3, -0.25) is 0 Å². The van der Waals surface area contributed by atoms with E-state index in [1.165, 1.54) is 0 Å². The highest BCUT2D eigenvalue weighted by molar-refractivity contribution is 6.32. The van der Waals surface area contributed by atoms with Crippen LogP contribution in [0.4, 0.5) is 0 Å². The molecular weight excluding hydrogens is 230 g/mol. The molecule has 0 fully saturated rings. The Labute approximate surface area is 97.2 Å². The molecule has 0 aliphatic carbocycles. The molecule has 2 rings (SSSR count). The fraction of sp³-hybridized carbons (Fsp3) is 0.200. The summed E-state index contributed by atoms with van der Waals surface area (Å²) < 4.78 is 10.3. The molecule has 0 aliphatic rings. The fourth-order valence-corrected chi connectivity index (χ4v) is 1.33. The summed E-state index contributed by atoms with van der Waals surface area (Å²) in [5, 5.41) is 4.24. The summed E-state index contributed by atoms with van der Waals surface area (Å²) in [7, 11) is 0. The molecular formula is C10H10ClN3O2. The number of aromatic nitrogens is 2. The molecule has 0 saturated heterocycles. The smallest absolute Gasteiger partial charge is 0.240 e. The number of nitrogens with zero attached hydrogens (tertiary/aromatic N) is 2. The summed E-state index contributed by atoms with van der Waals surface area (Å²) in [5.74, 6) is 1.42. The van der Waals surface area contributed by atoms with Gasteiger partial charge in [0.2, 0.25) is 11.7 Å². The Morgan fingerprint density at radius 1 is 1.38 bits per heavy atom. The predicted octanol–water partition coefficient (Wildman–Crippen LogP) is 1.76. The van der Waals surface area contributed by atoms with Gasteiger partial charge in [-0.15, -0.1) is 0 Å². The van der Waals surface area contributed by atoms with Crippen molar-refractivity contribution >= 4 is 11.6 Å². The molecule has 16 heavy (non-hydrogen) atoms. The molecule has 0 amide bonds. The highest BCUT2D eigenvalue weighted by Crippen LogP contribution is 2.23. The van der Waals surface area contributed by atoms with Crippen LogP contribution in [-0.4, -0.2) is 10.1 Å². The first-order chi connectivity index (χ1) is 7.79. The summed E-state index contributed by atoms with van der Waals surface area (Å²) in [6, 6.07) is 7.18. The van der Waals surface area contributed by atoms with Gasteiger partial charge in [-0.2, -0.15) is 4.98 Å². The number of para-hydroxylation sites is 1. The van der Waals surface area contributed by atoms with E-state index >= 15 is 0 Å². The lowest BCUT2D eigenvalue weighted by atomic mass is 10.3. The topological polar surface area (TPSA) is 74.2 Å². The first kappa shape index (κ1) is 10.9. The Kier molecular flexibility index (Phi) is 3.38. The molecule has 1 aromatic heterocycles. The van der Waals surface area contributed by atoms with Crippen molar-refractivity contribution in [2.45, 2.75) is 13.2 Å². The number of hydrogen-bond donors (Lipinski definition) is 1. The molecule has 0 aliphatic heterocycles. The Morgan fingerprint density at radius 2 is 2.19 bits per heavy atom. The van der Waals surface area contributed by atoms with Crippen molar-refractivity contribution in [2.24, 2.45) is 5.73 Å². The van der Waals surface area contributed by atoms with E-state index in [1.54, 1.807) is 12.1 Å². The van der Waals surface area contributed by atoms with Gasteiger partial charge in [0.25, 0.3) is 0 Å². The van der Waals surface area contributed by atoms with Crippen LogP contribution in [0, 0.1) is 0 Å². The molecule has 5 nitrogen and oxygen atoms in total. The summed E-state index contributed by atoms with van der Waals surface area (Å²) in [6.07, 6.45) is 0. The second kappa shape index (κ2) is 4.96. The van der Waals surface area contributed by atoms with Crippen LogP contribution >= 0.6 is 11.6 Å². The number of ether oxygens (including phenoxy) is 1. The zero-order valence-corrected chi connectivity index (χ0v) is 9.15. The average Bonchev–Trinajstić information content (AvgIpc) is 2.76. The van der Waals surface area contributed by atoms with Gasteiger partial charge in [0.15, 0.2) is 6.61 Å². The molecule has 0 spiro atoms. The minimum Gasteiger partial charge on any atom is -0.484 e. The SMILES string of the molecule is NCc1nc(COc2ccccc2Cl)no1. The lowest BCUT2D eigenvalue weighted by Crippen LogP contribution is -2.00. The highest BCUT2D eigenvalue weighted by Gasteiger charge is 2.06. The lowest BCUT2D eigenvalue weighted by Gasteiger charge is -2.04. The van der Waals surface area contributed by atoms with Crippen molar-refractivity contribution in [2.75, 3.05) is 0 Å².